The number of nitrogens with zero attached hydrogens (tertiary/aromatic N) is 1. The number of rotatable bonds is 5. The number of hydrogen-bond acceptors (Lipinski definition) is 5. The highest BCUT2D eigenvalue weighted by molar-refractivity contribution is 8.14. The van der Waals surface area contributed by atoms with Gasteiger partial charge < -0.3 is 10.6 Å². The molecule has 1 aliphatic heterocycles. The van der Waals surface area contributed by atoms with Gasteiger partial charge in [0, 0.05) is 12.2 Å². The Morgan fingerprint density at radius 2 is 2.50 bits per heavy atom. The van der Waals surface area contributed by atoms with Crippen molar-refractivity contribution in [1.29, 1.82) is 0 Å². The van der Waals surface area contributed by atoms with Crippen LogP contribution < -0.4 is 16.5 Å². The third-order valence-corrected chi connectivity index (χ3v) is 3.02. The van der Waals surface area contributed by atoms with E-state index in [0.29, 0.717) is 5.70 Å². The van der Waals surface area contributed by atoms with E-state index in [9.17, 15) is 4.79 Å². The average Bonchev–Trinajstić information content (AvgIpc) is 2.45. The van der Waals surface area contributed by atoms with Gasteiger partial charge in [0.2, 0.25) is 0 Å². The summed E-state index contributed by atoms with van der Waals surface area (Å²) < 4.78 is 0. The molecule has 14 heavy (non-hydrogen) atoms. The fourth-order valence-electron chi connectivity index (χ4n) is 1.22. The van der Waals surface area contributed by atoms with Gasteiger partial charge in [-0.2, -0.15) is 0 Å². The molecular weight excluding hydrogens is 200 g/mol. The Hall–Kier alpha value is -0.560. The number of nitrogens with one attached hydrogen (secondary N) is 2. The molecule has 80 valence electrons. The van der Waals surface area contributed by atoms with Crippen molar-refractivity contribution >= 4 is 17.0 Å². The molecule has 1 aliphatic rings. The molecular formula is C8H16N4OS. The van der Waals surface area contributed by atoms with Crippen molar-refractivity contribution in [2.24, 2.45) is 5.84 Å². The molecule has 0 saturated carbocycles. The molecule has 1 rings (SSSR count). The number of hydrogen-bond donors (Lipinski definition) is 3. The van der Waals surface area contributed by atoms with Crippen LogP contribution in [0.25, 0.3) is 0 Å². The maximum atomic E-state index is 11.0. The Labute approximate surface area is 88.1 Å². The van der Waals surface area contributed by atoms with Gasteiger partial charge in [-0.1, -0.05) is 6.58 Å². The minimum Gasteiger partial charge on any atom is -0.320 e. The second-order valence-electron chi connectivity index (χ2n) is 3.10. The molecule has 6 heteroatoms. The van der Waals surface area contributed by atoms with E-state index < -0.39 is 0 Å². The van der Waals surface area contributed by atoms with E-state index in [2.05, 4.69) is 17.2 Å². The normalized spacial score (nSPS) is 21.8. The molecule has 0 aromatic rings. The maximum absolute atomic E-state index is 11.0. The van der Waals surface area contributed by atoms with E-state index in [0.717, 1.165) is 19.5 Å². The van der Waals surface area contributed by atoms with Crippen LogP contribution in [0.4, 0.5) is 4.79 Å². The lowest BCUT2D eigenvalue weighted by Crippen LogP contribution is -2.40. The molecule has 1 atom stereocenters. The quantitative estimate of drug-likeness (QED) is 0.344. The Morgan fingerprint density at radius 1 is 1.79 bits per heavy atom. The highest BCUT2D eigenvalue weighted by atomic mass is 32.2. The van der Waals surface area contributed by atoms with Crippen molar-refractivity contribution in [3.63, 3.8) is 0 Å². The standard InChI is InChI=1S/C8H16N4OS/c1-6-7(14-8(13)11-6)12(9)5-3-4-10-2/h7,10H,1,3-5,9H2,2H3,(H,11,13). The second-order valence-corrected chi connectivity index (χ2v) is 4.16. The van der Waals surface area contributed by atoms with Crippen LogP contribution in [-0.2, 0) is 0 Å². The summed E-state index contributed by atoms with van der Waals surface area (Å²) in [6.45, 7) is 5.40. The largest absolute Gasteiger partial charge is 0.320 e. The number of amides is 1. The third-order valence-electron chi connectivity index (χ3n) is 1.92. The summed E-state index contributed by atoms with van der Waals surface area (Å²) in [4.78, 5) is 11.0. The molecule has 0 aliphatic carbocycles. The van der Waals surface area contributed by atoms with E-state index >= 15 is 0 Å². The van der Waals surface area contributed by atoms with Gasteiger partial charge in [0.25, 0.3) is 5.24 Å². The summed E-state index contributed by atoms with van der Waals surface area (Å²) in [6.07, 6.45) is 0.950. The summed E-state index contributed by atoms with van der Waals surface area (Å²) >= 11 is 1.17. The monoisotopic (exact) mass is 216 g/mol. The first kappa shape index (κ1) is 11.5. The molecule has 1 fully saturated rings. The van der Waals surface area contributed by atoms with Crippen LogP contribution in [-0.4, -0.2) is 35.8 Å². The topological polar surface area (TPSA) is 70.4 Å². The molecule has 0 spiro atoms. The van der Waals surface area contributed by atoms with E-state index in [1.54, 1.807) is 5.01 Å². The molecule has 1 saturated heterocycles. The molecule has 1 amide bonds. The SMILES string of the molecule is C=C1NC(=O)SC1N(N)CCCNC. The summed E-state index contributed by atoms with van der Waals surface area (Å²) in [7, 11) is 1.90. The minimum absolute atomic E-state index is 0.0796. The number of carbonyl (C=O) groups is 1. The van der Waals surface area contributed by atoms with Crippen LogP contribution in [0.15, 0.2) is 12.3 Å². The molecule has 0 aromatic heterocycles. The zero-order chi connectivity index (χ0) is 10.6. The van der Waals surface area contributed by atoms with E-state index in [1.807, 2.05) is 7.05 Å². The predicted molar refractivity (Wildman–Crippen MR) is 58.5 cm³/mol. The van der Waals surface area contributed by atoms with Crippen molar-refractivity contribution in [2.75, 3.05) is 20.1 Å². The van der Waals surface area contributed by atoms with Crippen LogP contribution in [0, 0.1) is 0 Å². The van der Waals surface area contributed by atoms with E-state index in [4.69, 9.17) is 5.84 Å². The highest BCUT2D eigenvalue weighted by Crippen LogP contribution is 2.26. The van der Waals surface area contributed by atoms with Crippen LogP contribution in [0.1, 0.15) is 6.42 Å². The van der Waals surface area contributed by atoms with Crippen LogP contribution in [0.3, 0.4) is 0 Å². The lowest BCUT2D eigenvalue weighted by atomic mass is 10.4. The van der Waals surface area contributed by atoms with Gasteiger partial charge in [-0.25, -0.2) is 5.01 Å². The Bertz CT molecular complexity index is 233. The first-order chi connectivity index (χ1) is 6.65. The molecule has 0 aromatic carbocycles. The molecule has 0 bridgehead atoms. The Balaban J connectivity index is 2.33. The van der Waals surface area contributed by atoms with Gasteiger partial charge in [-0.05, 0) is 31.8 Å². The fourth-order valence-corrected chi connectivity index (χ4v) is 2.05. The van der Waals surface area contributed by atoms with Crippen LogP contribution in [0.2, 0.25) is 0 Å². The lowest BCUT2D eigenvalue weighted by molar-refractivity contribution is 0.263. The average molecular weight is 216 g/mol. The van der Waals surface area contributed by atoms with Gasteiger partial charge in [-0.15, -0.1) is 0 Å². The molecule has 5 nitrogen and oxygen atoms in total. The first-order valence-corrected chi connectivity index (χ1v) is 5.35. The smallest absolute Gasteiger partial charge is 0.285 e. The van der Waals surface area contributed by atoms with Crippen molar-refractivity contribution in [3.8, 4) is 0 Å². The zero-order valence-corrected chi connectivity index (χ0v) is 9.06. The molecule has 0 radical (unpaired) electrons. The van der Waals surface area contributed by atoms with E-state index in [-0.39, 0.29) is 10.6 Å². The fraction of sp³-hybridized carbons (Fsp3) is 0.625. The summed E-state index contributed by atoms with van der Waals surface area (Å²) in [6, 6.07) is 0. The number of hydrazine groups is 1. The maximum Gasteiger partial charge on any atom is 0.285 e. The molecule has 1 heterocycles. The predicted octanol–water partition coefficient (Wildman–Crippen LogP) is 0.0678. The third kappa shape index (κ3) is 2.98. The van der Waals surface area contributed by atoms with Crippen molar-refractivity contribution in [1.82, 2.24) is 15.6 Å². The van der Waals surface area contributed by atoms with Gasteiger partial charge >= 0.3 is 0 Å². The first-order valence-electron chi connectivity index (χ1n) is 4.47. The molecule has 4 N–H and O–H groups in total. The zero-order valence-electron chi connectivity index (χ0n) is 8.25. The number of nitrogens with two attached hydrogens (primary N) is 1. The van der Waals surface area contributed by atoms with Gasteiger partial charge in [-0.3, -0.25) is 10.6 Å². The summed E-state index contributed by atoms with van der Waals surface area (Å²) in [5.74, 6) is 5.80. The number of thioether (sulfide) groups is 1. The number of carbonyl (C=O) groups excluding carboxylic acids is 1. The van der Waals surface area contributed by atoms with Crippen molar-refractivity contribution < 1.29 is 4.79 Å². The second kappa shape index (κ2) is 5.35. The van der Waals surface area contributed by atoms with Gasteiger partial charge in [0.05, 0.1) is 0 Å². The van der Waals surface area contributed by atoms with Gasteiger partial charge in [0.15, 0.2) is 0 Å². The highest BCUT2D eigenvalue weighted by Gasteiger charge is 2.29. The molecule has 1 unspecified atom stereocenters. The van der Waals surface area contributed by atoms with Crippen molar-refractivity contribution in [3.05, 3.63) is 12.3 Å². The minimum atomic E-state index is -0.126. The van der Waals surface area contributed by atoms with Gasteiger partial charge in [0.1, 0.15) is 5.37 Å². The van der Waals surface area contributed by atoms with Crippen molar-refractivity contribution in [2.45, 2.75) is 11.8 Å². The van der Waals surface area contributed by atoms with E-state index in [1.165, 1.54) is 11.8 Å². The Kier molecular flexibility index (Phi) is 4.40. The Morgan fingerprint density at radius 3 is 3.00 bits per heavy atom. The summed E-state index contributed by atoms with van der Waals surface area (Å²) in [5.41, 5.74) is 0.673. The van der Waals surface area contributed by atoms with Crippen LogP contribution in [0.5, 0.6) is 0 Å². The van der Waals surface area contributed by atoms with Crippen LogP contribution >= 0.6 is 11.8 Å². The lowest BCUT2D eigenvalue weighted by Gasteiger charge is -2.21. The summed E-state index contributed by atoms with van der Waals surface area (Å²) in [5, 5.41) is 7.11.